The van der Waals surface area contributed by atoms with Crippen molar-refractivity contribution in [1.29, 1.82) is 0 Å². The fourth-order valence-corrected chi connectivity index (χ4v) is 6.15. The summed E-state index contributed by atoms with van der Waals surface area (Å²) in [6.07, 6.45) is 0.730. The van der Waals surface area contributed by atoms with Gasteiger partial charge in [-0.05, 0) is 36.1 Å². The second-order valence-corrected chi connectivity index (χ2v) is 11.5. The van der Waals surface area contributed by atoms with Crippen LogP contribution in [0.5, 0.6) is 0 Å². The first-order valence-corrected chi connectivity index (χ1v) is 13.0. The summed E-state index contributed by atoms with van der Waals surface area (Å²) in [5.41, 5.74) is 2.44. The molecule has 196 valence electrons. The molecule has 6 rings (SSSR count). The molecule has 4 aromatic rings. The van der Waals surface area contributed by atoms with Crippen LogP contribution < -0.4 is 0 Å². The van der Waals surface area contributed by atoms with E-state index in [0.717, 1.165) is 28.4 Å². The van der Waals surface area contributed by atoms with E-state index in [0.29, 0.717) is 24.6 Å². The van der Waals surface area contributed by atoms with Crippen LogP contribution in [0.2, 0.25) is 0 Å². The standard InChI is InChI=1S/C29H32N6O3/c1-29(2,3)24(33(4)26(36)23-13-17-9-5-6-10-20(17)30-23)27(37)34-15-19-14-18(34)16-35(19)28(38)25-31-21-11-7-8-12-22(21)32-25/h5-13,18-19,24,30H,14-16H2,1-4H3,(H,31,32)/t18-,19-,24+/m0/s1. The first kappa shape index (κ1) is 24.2. The number of rotatable bonds is 4. The van der Waals surface area contributed by atoms with E-state index in [1.807, 2.05) is 85.2 Å². The van der Waals surface area contributed by atoms with Gasteiger partial charge in [0.2, 0.25) is 5.91 Å². The number of nitrogens with zero attached hydrogens (tertiary/aromatic N) is 4. The lowest BCUT2D eigenvalue weighted by Crippen LogP contribution is -2.59. The molecule has 0 spiro atoms. The third-order valence-electron chi connectivity index (χ3n) is 7.90. The minimum atomic E-state index is -0.653. The zero-order valence-electron chi connectivity index (χ0n) is 22.1. The number of likely N-dealkylation sites (tertiary alicyclic amines) is 2. The number of aromatic nitrogens is 3. The Balaban J connectivity index is 1.19. The predicted molar refractivity (Wildman–Crippen MR) is 145 cm³/mol. The average molecular weight is 513 g/mol. The molecular weight excluding hydrogens is 480 g/mol. The number of imidazole rings is 1. The van der Waals surface area contributed by atoms with Gasteiger partial charge in [-0.25, -0.2) is 4.98 Å². The monoisotopic (exact) mass is 512 g/mol. The molecule has 2 saturated heterocycles. The summed E-state index contributed by atoms with van der Waals surface area (Å²) < 4.78 is 0. The van der Waals surface area contributed by atoms with Crippen LogP contribution in [0.25, 0.3) is 21.9 Å². The normalized spacial score (nSPS) is 19.9. The van der Waals surface area contributed by atoms with Crippen LogP contribution in [0, 0.1) is 5.41 Å². The Morgan fingerprint density at radius 1 is 0.947 bits per heavy atom. The van der Waals surface area contributed by atoms with Gasteiger partial charge in [0, 0.05) is 31.0 Å². The van der Waals surface area contributed by atoms with E-state index in [1.54, 1.807) is 11.9 Å². The molecule has 2 aromatic carbocycles. The summed E-state index contributed by atoms with van der Waals surface area (Å²) in [6.45, 7) is 6.86. The van der Waals surface area contributed by atoms with Crippen molar-refractivity contribution in [1.82, 2.24) is 29.7 Å². The van der Waals surface area contributed by atoms with Gasteiger partial charge < -0.3 is 24.7 Å². The number of likely N-dealkylation sites (N-methyl/N-ethyl adjacent to an activating group) is 1. The van der Waals surface area contributed by atoms with Crippen molar-refractivity contribution in [3.8, 4) is 0 Å². The lowest BCUT2D eigenvalue weighted by Gasteiger charge is -2.42. The molecule has 0 radical (unpaired) electrons. The second-order valence-electron chi connectivity index (χ2n) is 11.5. The van der Waals surface area contributed by atoms with E-state index in [4.69, 9.17) is 0 Å². The second kappa shape index (κ2) is 8.72. The number of benzene rings is 2. The molecule has 2 aliphatic heterocycles. The third kappa shape index (κ3) is 3.93. The van der Waals surface area contributed by atoms with Gasteiger partial charge in [0.05, 0.1) is 23.1 Å². The van der Waals surface area contributed by atoms with Crippen molar-refractivity contribution in [2.45, 2.75) is 45.3 Å². The lowest BCUT2D eigenvalue weighted by molar-refractivity contribution is -0.141. The molecule has 2 aromatic heterocycles. The molecule has 2 aliphatic rings. The third-order valence-corrected chi connectivity index (χ3v) is 7.90. The maximum Gasteiger partial charge on any atom is 0.290 e. The molecule has 0 saturated carbocycles. The highest BCUT2D eigenvalue weighted by Gasteiger charge is 2.51. The summed E-state index contributed by atoms with van der Waals surface area (Å²) in [6, 6.07) is 16.3. The van der Waals surface area contributed by atoms with E-state index >= 15 is 0 Å². The molecule has 0 aliphatic carbocycles. The first-order chi connectivity index (χ1) is 18.1. The summed E-state index contributed by atoms with van der Waals surface area (Å²) in [5.74, 6) is -0.111. The van der Waals surface area contributed by atoms with Gasteiger partial charge >= 0.3 is 0 Å². The maximum absolute atomic E-state index is 14.0. The van der Waals surface area contributed by atoms with E-state index in [-0.39, 0.29) is 29.8 Å². The number of hydrogen-bond donors (Lipinski definition) is 2. The number of carbonyl (C=O) groups is 3. The summed E-state index contributed by atoms with van der Waals surface area (Å²) in [5, 5.41) is 0.953. The van der Waals surface area contributed by atoms with Crippen LogP contribution in [0.1, 0.15) is 48.3 Å². The molecule has 0 unspecified atom stereocenters. The number of H-pyrrole nitrogens is 2. The van der Waals surface area contributed by atoms with Gasteiger partial charge in [0.1, 0.15) is 11.7 Å². The Bertz CT molecular complexity index is 1500. The van der Waals surface area contributed by atoms with Crippen molar-refractivity contribution in [3.05, 3.63) is 66.1 Å². The van der Waals surface area contributed by atoms with Crippen LogP contribution >= 0.6 is 0 Å². The van der Waals surface area contributed by atoms with Gasteiger partial charge in [-0.15, -0.1) is 0 Å². The largest absolute Gasteiger partial charge is 0.351 e. The molecule has 3 amide bonds. The van der Waals surface area contributed by atoms with Gasteiger partial charge in [-0.1, -0.05) is 51.1 Å². The molecule has 2 N–H and O–H groups in total. The average Bonchev–Trinajstić information content (AvgIpc) is 3.68. The molecule has 2 bridgehead atoms. The highest BCUT2D eigenvalue weighted by molar-refractivity contribution is 6.00. The summed E-state index contributed by atoms with van der Waals surface area (Å²) in [4.78, 5) is 56.8. The molecule has 9 heteroatoms. The fourth-order valence-electron chi connectivity index (χ4n) is 6.15. The van der Waals surface area contributed by atoms with Crippen molar-refractivity contribution in [2.75, 3.05) is 20.1 Å². The molecule has 2 fully saturated rings. The van der Waals surface area contributed by atoms with Crippen LogP contribution in [-0.2, 0) is 4.79 Å². The van der Waals surface area contributed by atoms with Crippen molar-refractivity contribution >= 4 is 39.7 Å². The van der Waals surface area contributed by atoms with E-state index in [1.165, 1.54) is 0 Å². The predicted octanol–water partition coefficient (Wildman–Crippen LogP) is 3.66. The molecule has 4 heterocycles. The van der Waals surface area contributed by atoms with Gasteiger partial charge in [-0.3, -0.25) is 14.4 Å². The number of nitrogens with one attached hydrogen (secondary N) is 2. The van der Waals surface area contributed by atoms with Crippen molar-refractivity contribution < 1.29 is 14.4 Å². The van der Waals surface area contributed by atoms with Crippen LogP contribution in [0.4, 0.5) is 0 Å². The number of amides is 3. The highest BCUT2D eigenvalue weighted by Crippen LogP contribution is 2.35. The molecule has 9 nitrogen and oxygen atoms in total. The molecule has 38 heavy (non-hydrogen) atoms. The van der Waals surface area contributed by atoms with Crippen molar-refractivity contribution in [2.24, 2.45) is 5.41 Å². The first-order valence-electron chi connectivity index (χ1n) is 13.0. The smallest absolute Gasteiger partial charge is 0.290 e. The van der Waals surface area contributed by atoms with Crippen LogP contribution in [0.3, 0.4) is 0 Å². The topological polar surface area (TPSA) is 105 Å². The number of piperazine rings is 1. The quantitative estimate of drug-likeness (QED) is 0.435. The Hall–Kier alpha value is -4.14. The number of aromatic amines is 2. The lowest BCUT2D eigenvalue weighted by atomic mass is 9.84. The zero-order valence-corrected chi connectivity index (χ0v) is 22.1. The Labute approximate surface area is 220 Å². The summed E-state index contributed by atoms with van der Waals surface area (Å²) >= 11 is 0. The fraction of sp³-hybridized carbons (Fsp3) is 0.379. The maximum atomic E-state index is 14.0. The number of fused-ring (bicyclic) bond motifs is 4. The van der Waals surface area contributed by atoms with E-state index < -0.39 is 11.5 Å². The molecule has 3 atom stereocenters. The van der Waals surface area contributed by atoms with Crippen LogP contribution in [-0.4, -0.2) is 85.6 Å². The SMILES string of the molecule is CN(C(=O)c1cc2ccccc2[nH]1)[C@H](C(=O)N1C[C@@H]2C[C@H]1CN2C(=O)c1nc2ccccc2[nH]1)C(C)(C)C. The molecular formula is C29H32N6O3. The number of hydrogen-bond acceptors (Lipinski definition) is 4. The minimum absolute atomic E-state index is 0.0694. The Morgan fingerprint density at radius 2 is 1.61 bits per heavy atom. The van der Waals surface area contributed by atoms with Gasteiger partial charge in [0.15, 0.2) is 5.82 Å². The highest BCUT2D eigenvalue weighted by atomic mass is 16.2. The van der Waals surface area contributed by atoms with Crippen LogP contribution in [0.15, 0.2) is 54.6 Å². The Morgan fingerprint density at radius 3 is 2.26 bits per heavy atom. The minimum Gasteiger partial charge on any atom is -0.351 e. The van der Waals surface area contributed by atoms with Crippen molar-refractivity contribution in [3.63, 3.8) is 0 Å². The summed E-state index contributed by atoms with van der Waals surface area (Å²) in [7, 11) is 1.70. The number of carbonyl (C=O) groups excluding carboxylic acids is 3. The van der Waals surface area contributed by atoms with Gasteiger partial charge in [0.25, 0.3) is 11.8 Å². The van der Waals surface area contributed by atoms with Gasteiger partial charge in [-0.2, -0.15) is 0 Å². The van der Waals surface area contributed by atoms with E-state index in [9.17, 15) is 14.4 Å². The van der Waals surface area contributed by atoms with E-state index in [2.05, 4.69) is 15.0 Å². The zero-order chi connectivity index (χ0) is 26.8. The number of para-hydroxylation sites is 3. The Kier molecular flexibility index (Phi) is 5.55.